The van der Waals surface area contributed by atoms with E-state index >= 15 is 0 Å². The lowest BCUT2D eigenvalue weighted by Gasteiger charge is -2.22. The molecular weight excluding hydrogens is 167 g/mol. The van der Waals surface area contributed by atoms with Crippen LogP contribution in [0.1, 0.15) is 33.1 Å². The second kappa shape index (κ2) is 4.57. The van der Waals surface area contributed by atoms with Crippen molar-refractivity contribution < 1.29 is 4.39 Å². The maximum Gasteiger partial charge on any atom is 0.115 e. The predicted molar refractivity (Wildman–Crippen MR) is 49.9 cm³/mol. The van der Waals surface area contributed by atoms with Gasteiger partial charge in [0.1, 0.15) is 6.17 Å². The molecule has 0 aliphatic heterocycles. The summed E-state index contributed by atoms with van der Waals surface area (Å²) in [7, 11) is 0. The summed E-state index contributed by atoms with van der Waals surface area (Å²) in [6.45, 7) is 3.80. The quantitative estimate of drug-likeness (QED) is 0.728. The van der Waals surface area contributed by atoms with Crippen LogP contribution in [0.4, 0.5) is 4.39 Å². The van der Waals surface area contributed by atoms with Crippen LogP contribution in [0.5, 0.6) is 0 Å². The molecule has 0 amide bonds. The fourth-order valence-electron chi connectivity index (χ4n) is 1.70. The molecule has 1 aliphatic carbocycles. The first-order valence-electron chi connectivity index (χ1n) is 4.95. The minimum absolute atomic E-state index is 0.0224. The van der Waals surface area contributed by atoms with Gasteiger partial charge in [-0.2, -0.15) is 5.26 Å². The Labute approximate surface area is 79.1 Å². The van der Waals surface area contributed by atoms with E-state index < -0.39 is 6.17 Å². The lowest BCUT2D eigenvalue weighted by molar-refractivity contribution is 0.257. The third-order valence-corrected chi connectivity index (χ3v) is 2.86. The maximum absolute atomic E-state index is 13.2. The minimum Gasteiger partial charge on any atom is -0.307 e. The molecule has 2 unspecified atom stereocenters. The standard InChI is InChI=1S/C10H17FN2/c1-7(6-12)8(2)13-10-5-3-4-9(10)11/h7-10,13H,3-5H2,1-2H3/t7?,8?,9-,10+/m1/s1. The molecule has 0 aromatic carbocycles. The molecule has 0 radical (unpaired) electrons. The average molecular weight is 184 g/mol. The highest BCUT2D eigenvalue weighted by molar-refractivity contribution is 4.91. The number of alkyl halides is 1. The van der Waals surface area contributed by atoms with Crippen molar-refractivity contribution in [2.75, 3.05) is 0 Å². The molecule has 0 saturated heterocycles. The van der Waals surface area contributed by atoms with Gasteiger partial charge in [0.25, 0.3) is 0 Å². The molecule has 3 heteroatoms. The van der Waals surface area contributed by atoms with Crippen LogP contribution in [0, 0.1) is 17.2 Å². The first kappa shape index (κ1) is 10.5. The van der Waals surface area contributed by atoms with Crippen molar-refractivity contribution in [2.24, 2.45) is 5.92 Å². The number of nitrogens with zero attached hydrogens (tertiary/aromatic N) is 1. The fraction of sp³-hybridized carbons (Fsp3) is 0.900. The van der Waals surface area contributed by atoms with Crippen LogP contribution in [-0.2, 0) is 0 Å². The van der Waals surface area contributed by atoms with Gasteiger partial charge in [-0.1, -0.05) is 0 Å². The molecule has 0 spiro atoms. The van der Waals surface area contributed by atoms with Crippen molar-refractivity contribution in [2.45, 2.75) is 51.4 Å². The van der Waals surface area contributed by atoms with E-state index in [1.807, 2.05) is 13.8 Å². The van der Waals surface area contributed by atoms with E-state index in [0.717, 1.165) is 12.8 Å². The van der Waals surface area contributed by atoms with E-state index in [-0.39, 0.29) is 18.0 Å². The number of rotatable bonds is 3. The number of nitriles is 1. The van der Waals surface area contributed by atoms with Crippen molar-refractivity contribution in [1.29, 1.82) is 5.26 Å². The van der Waals surface area contributed by atoms with Crippen molar-refractivity contribution in [3.63, 3.8) is 0 Å². The van der Waals surface area contributed by atoms with E-state index in [2.05, 4.69) is 11.4 Å². The van der Waals surface area contributed by atoms with Gasteiger partial charge >= 0.3 is 0 Å². The van der Waals surface area contributed by atoms with Gasteiger partial charge in [-0.05, 0) is 33.1 Å². The summed E-state index contributed by atoms with van der Waals surface area (Å²) in [6.07, 6.45) is 1.83. The van der Waals surface area contributed by atoms with E-state index in [0.29, 0.717) is 6.42 Å². The van der Waals surface area contributed by atoms with Crippen LogP contribution in [0.3, 0.4) is 0 Å². The summed E-state index contributed by atoms with van der Waals surface area (Å²) in [5, 5.41) is 11.8. The molecule has 0 aromatic rings. The van der Waals surface area contributed by atoms with Gasteiger partial charge in [-0.25, -0.2) is 4.39 Å². The average Bonchev–Trinajstić information content (AvgIpc) is 2.50. The number of hydrogen-bond acceptors (Lipinski definition) is 2. The van der Waals surface area contributed by atoms with Crippen LogP contribution in [-0.4, -0.2) is 18.3 Å². The molecule has 1 rings (SSSR count). The smallest absolute Gasteiger partial charge is 0.115 e. The van der Waals surface area contributed by atoms with E-state index in [4.69, 9.17) is 5.26 Å². The number of nitrogens with one attached hydrogen (secondary N) is 1. The highest BCUT2D eigenvalue weighted by atomic mass is 19.1. The van der Waals surface area contributed by atoms with Crippen LogP contribution in [0.15, 0.2) is 0 Å². The monoisotopic (exact) mass is 184 g/mol. The summed E-state index contributed by atoms with van der Waals surface area (Å²) in [5.74, 6) is -0.0483. The van der Waals surface area contributed by atoms with E-state index in [9.17, 15) is 4.39 Å². The second-order valence-electron chi connectivity index (χ2n) is 3.93. The molecular formula is C10H17FN2. The first-order chi connectivity index (χ1) is 6.15. The normalized spacial score (nSPS) is 32.5. The lowest BCUT2D eigenvalue weighted by atomic mass is 10.0. The summed E-state index contributed by atoms with van der Waals surface area (Å²) in [5.41, 5.74) is 0. The SMILES string of the molecule is CC(C#N)C(C)N[C@H]1CCC[C@H]1F. The van der Waals surface area contributed by atoms with Crippen LogP contribution in [0.2, 0.25) is 0 Å². The molecule has 4 atom stereocenters. The molecule has 1 aliphatic rings. The highest BCUT2D eigenvalue weighted by Gasteiger charge is 2.28. The molecule has 0 bridgehead atoms. The molecule has 1 N–H and O–H groups in total. The van der Waals surface area contributed by atoms with Crippen LogP contribution in [0.25, 0.3) is 0 Å². The molecule has 74 valence electrons. The molecule has 13 heavy (non-hydrogen) atoms. The van der Waals surface area contributed by atoms with Crippen molar-refractivity contribution in [3.05, 3.63) is 0 Å². The zero-order valence-electron chi connectivity index (χ0n) is 8.26. The topological polar surface area (TPSA) is 35.8 Å². The third kappa shape index (κ3) is 2.67. The Balaban J connectivity index is 2.36. The van der Waals surface area contributed by atoms with Crippen molar-refractivity contribution in [3.8, 4) is 6.07 Å². The van der Waals surface area contributed by atoms with E-state index in [1.165, 1.54) is 0 Å². The Morgan fingerprint density at radius 3 is 2.62 bits per heavy atom. The van der Waals surface area contributed by atoms with Gasteiger partial charge in [0.2, 0.25) is 0 Å². The number of halogens is 1. The largest absolute Gasteiger partial charge is 0.307 e. The molecule has 0 aromatic heterocycles. The van der Waals surface area contributed by atoms with Gasteiger partial charge in [0, 0.05) is 12.1 Å². The van der Waals surface area contributed by atoms with Crippen molar-refractivity contribution in [1.82, 2.24) is 5.32 Å². The minimum atomic E-state index is -0.714. The Morgan fingerprint density at radius 2 is 2.15 bits per heavy atom. The van der Waals surface area contributed by atoms with E-state index in [1.54, 1.807) is 0 Å². The van der Waals surface area contributed by atoms with Gasteiger partial charge in [-0.3, -0.25) is 0 Å². The highest BCUT2D eigenvalue weighted by Crippen LogP contribution is 2.22. The predicted octanol–water partition coefficient (Wildman–Crippen LogP) is 2.01. The zero-order chi connectivity index (χ0) is 9.84. The Hall–Kier alpha value is -0.620. The summed E-state index contributed by atoms with van der Waals surface area (Å²) in [4.78, 5) is 0. The fourth-order valence-corrected chi connectivity index (χ4v) is 1.70. The second-order valence-corrected chi connectivity index (χ2v) is 3.93. The van der Waals surface area contributed by atoms with Crippen molar-refractivity contribution >= 4 is 0 Å². The lowest BCUT2D eigenvalue weighted by Crippen LogP contribution is -2.42. The summed E-state index contributed by atoms with van der Waals surface area (Å²) < 4.78 is 13.2. The number of hydrogen-bond donors (Lipinski definition) is 1. The third-order valence-electron chi connectivity index (χ3n) is 2.86. The first-order valence-corrected chi connectivity index (χ1v) is 4.95. The van der Waals surface area contributed by atoms with Gasteiger partial charge in [0.05, 0.1) is 12.0 Å². The van der Waals surface area contributed by atoms with Crippen LogP contribution < -0.4 is 5.32 Å². The Morgan fingerprint density at radius 1 is 1.46 bits per heavy atom. The summed E-state index contributed by atoms with van der Waals surface area (Å²) >= 11 is 0. The molecule has 1 saturated carbocycles. The van der Waals surface area contributed by atoms with Crippen LogP contribution >= 0.6 is 0 Å². The van der Waals surface area contributed by atoms with Gasteiger partial charge in [0.15, 0.2) is 0 Å². The Bertz CT molecular complexity index is 200. The van der Waals surface area contributed by atoms with Gasteiger partial charge in [-0.15, -0.1) is 0 Å². The van der Waals surface area contributed by atoms with Gasteiger partial charge < -0.3 is 5.32 Å². The maximum atomic E-state index is 13.2. The molecule has 1 fully saturated rings. The molecule has 2 nitrogen and oxygen atoms in total. The Kier molecular flexibility index (Phi) is 3.68. The zero-order valence-corrected chi connectivity index (χ0v) is 8.26. The molecule has 0 heterocycles. The summed E-state index contributed by atoms with van der Waals surface area (Å²) in [6, 6.07) is 2.24.